The van der Waals surface area contributed by atoms with Gasteiger partial charge in [0.2, 0.25) is 5.91 Å². The molecular weight excluding hydrogens is 262 g/mol. The van der Waals surface area contributed by atoms with Gasteiger partial charge in [-0.15, -0.1) is 0 Å². The van der Waals surface area contributed by atoms with Crippen molar-refractivity contribution in [3.05, 3.63) is 34.3 Å². The van der Waals surface area contributed by atoms with Gasteiger partial charge in [0.25, 0.3) is 0 Å². The number of nitriles is 1. The Bertz CT molecular complexity index is 494. The van der Waals surface area contributed by atoms with Gasteiger partial charge in [-0.1, -0.05) is 31.5 Å². The largest absolute Gasteiger partial charge is 0.369 e. The Hall–Kier alpha value is -1.57. The summed E-state index contributed by atoms with van der Waals surface area (Å²) in [5.41, 5.74) is 6.67. The van der Waals surface area contributed by atoms with Crippen LogP contribution in [0, 0.1) is 17.2 Å². The molecule has 0 spiro atoms. The van der Waals surface area contributed by atoms with E-state index in [1.165, 1.54) is 0 Å². The second-order valence-corrected chi connectivity index (χ2v) is 5.35. The first kappa shape index (κ1) is 15.5. The maximum Gasteiger partial charge on any atom is 0.231 e. The molecule has 0 aliphatic rings. The maximum absolute atomic E-state index is 11.1. The fourth-order valence-electron chi connectivity index (χ4n) is 1.91. The summed E-state index contributed by atoms with van der Waals surface area (Å²) in [5.74, 6) is 0.0712. The number of halogens is 1. The summed E-state index contributed by atoms with van der Waals surface area (Å²) in [6.07, 6.45) is 0. The average molecular weight is 280 g/mol. The van der Waals surface area contributed by atoms with Crippen LogP contribution >= 0.6 is 11.6 Å². The first-order chi connectivity index (χ1) is 8.92. The SMILES string of the molecule is CC(C)CN(CC(N)=O)Cc1ccc(C#N)cc1Cl. The summed E-state index contributed by atoms with van der Waals surface area (Å²) in [5, 5.41) is 9.33. The Morgan fingerprint density at radius 3 is 2.68 bits per heavy atom. The van der Waals surface area contributed by atoms with Gasteiger partial charge in [0.1, 0.15) is 0 Å². The smallest absolute Gasteiger partial charge is 0.231 e. The van der Waals surface area contributed by atoms with Crippen molar-refractivity contribution in [3.8, 4) is 6.07 Å². The number of carbonyl (C=O) groups excluding carboxylic acids is 1. The number of amides is 1. The van der Waals surface area contributed by atoms with Crippen molar-refractivity contribution in [1.82, 2.24) is 4.90 Å². The zero-order valence-electron chi connectivity index (χ0n) is 11.2. The van der Waals surface area contributed by atoms with Crippen LogP contribution in [0.1, 0.15) is 25.0 Å². The summed E-state index contributed by atoms with van der Waals surface area (Å²) in [6, 6.07) is 7.21. The molecular formula is C14H18ClN3O. The Morgan fingerprint density at radius 1 is 1.53 bits per heavy atom. The number of rotatable bonds is 6. The van der Waals surface area contributed by atoms with E-state index >= 15 is 0 Å². The van der Waals surface area contributed by atoms with E-state index in [0.29, 0.717) is 23.0 Å². The van der Waals surface area contributed by atoms with Gasteiger partial charge in [-0.2, -0.15) is 5.26 Å². The van der Waals surface area contributed by atoms with E-state index < -0.39 is 0 Å². The van der Waals surface area contributed by atoms with Gasteiger partial charge in [0, 0.05) is 18.1 Å². The van der Waals surface area contributed by atoms with E-state index in [9.17, 15) is 4.79 Å². The van der Waals surface area contributed by atoms with Crippen molar-refractivity contribution in [2.75, 3.05) is 13.1 Å². The summed E-state index contributed by atoms with van der Waals surface area (Å²) >= 11 is 6.13. The molecule has 0 saturated carbocycles. The molecule has 0 aliphatic carbocycles. The highest BCUT2D eigenvalue weighted by Gasteiger charge is 2.13. The molecule has 5 heteroatoms. The molecule has 0 aliphatic heterocycles. The quantitative estimate of drug-likeness (QED) is 0.867. The minimum absolute atomic E-state index is 0.203. The second-order valence-electron chi connectivity index (χ2n) is 4.95. The molecule has 0 heterocycles. The second kappa shape index (κ2) is 7.13. The van der Waals surface area contributed by atoms with Gasteiger partial charge < -0.3 is 5.73 Å². The highest BCUT2D eigenvalue weighted by molar-refractivity contribution is 6.31. The summed E-state index contributed by atoms with van der Waals surface area (Å²) in [6.45, 7) is 5.67. The molecule has 4 nitrogen and oxygen atoms in total. The highest BCUT2D eigenvalue weighted by Crippen LogP contribution is 2.19. The molecule has 0 bridgehead atoms. The summed E-state index contributed by atoms with van der Waals surface area (Å²) < 4.78 is 0. The summed E-state index contributed by atoms with van der Waals surface area (Å²) in [7, 11) is 0. The number of nitrogens with two attached hydrogens (primary N) is 1. The van der Waals surface area contributed by atoms with Crippen molar-refractivity contribution in [1.29, 1.82) is 5.26 Å². The molecule has 2 N–H and O–H groups in total. The van der Waals surface area contributed by atoms with Crippen molar-refractivity contribution in [3.63, 3.8) is 0 Å². The van der Waals surface area contributed by atoms with Crippen molar-refractivity contribution < 1.29 is 4.79 Å². The third-order valence-corrected chi connectivity index (χ3v) is 2.93. The first-order valence-electron chi connectivity index (χ1n) is 6.11. The van der Waals surface area contributed by atoms with Crippen LogP contribution in [0.4, 0.5) is 0 Å². The van der Waals surface area contributed by atoms with Crippen LogP contribution in [-0.4, -0.2) is 23.9 Å². The van der Waals surface area contributed by atoms with Crippen LogP contribution in [0.5, 0.6) is 0 Å². The lowest BCUT2D eigenvalue weighted by Gasteiger charge is -2.23. The van der Waals surface area contributed by atoms with Crippen molar-refractivity contribution in [2.24, 2.45) is 11.7 Å². The molecule has 0 unspecified atom stereocenters. The molecule has 1 aromatic carbocycles. The van der Waals surface area contributed by atoms with E-state index in [-0.39, 0.29) is 12.5 Å². The number of hydrogen-bond donors (Lipinski definition) is 1. The van der Waals surface area contributed by atoms with E-state index in [2.05, 4.69) is 13.8 Å². The number of benzene rings is 1. The van der Waals surface area contributed by atoms with Crippen LogP contribution in [0.3, 0.4) is 0 Å². The van der Waals surface area contributed by atoms with Crippen LogP contribution in [0.2, 0.25) is 5.02 Å². The predicted octanol–water partition coefficient (Wildman–Crippen LogP) is 2.15. The topological polar surface area (TPSA) is 70.1 Å². The number of hydrogen-bond acceptors (Lipinski definition) is 3. The maximum atomic E-state index is 11.1. The monoisotopic (exact) mass is 279 g/mol. The van der Waals surface area contributed by atoms with Crippen LogP contribution in [0.25, 0.3) is 0 Å². The van der Waals surface area contributed by atoms with E-state index in [4.69, 9.17) is 22.6 Å². The van der Waals surface area contributed by atoms with Crippen LogP contribution in [-0.2, 0) is 11.3 Å². The number of nitrogens with zero attached hydrogens (tertiary/aromatic N) is 2. The standard InChI is InChI=1S/C14H18ClN3O/c1-10(2)7-18(9-14(17)19)8-12-4-3-11(6-16)5-13(12)15/h3-5,10H,7-9H2,1-2H3,(H2,17,19). The Kier molecular flexibility index (Phi) is 5.81. The van der Waals surface area contributed by atoms with Gasteiger partial charge in [0.05, 0.1) is 18.2 Å². The molecule has 0 saturated heterocycles. The van der Waals surface area contributed by atoms with Gasteiger partial charge in [-0.3, -0.25) is 9.69 Å². The van der Waals surface area contributed by atoms with E-state index in [0.717, 1.165) is 12.1 Å². The third kappa shape index (κ3) is 5.29. The molecule has 0 atom stereocenters. The van der Waals surface area contributed by atoms with Crippen molar-refractivity contribution >= 4 is 17.5 Å². The zero-order valence-corrected chi connectivity index (χ0v) is 11.9. The molecule has 102 valence electrons. The van der Waals surface area contributed by atoms with Gasteiger partial charge >= 0.3 is 0 Å². The van der Waals surface area contributed by atoms with Crippen LogP contribution in [0.15, 0.2) is 18.2 Å². The molecule has 0 fully saturated rings. The first-order valence-corrected chi connectivity index (χ1v) is 6.49. The Labute approximate surface area is 118 Å². The van der Waals surface area contributed by atoms with Gasteiger partial charge in [-0.25, -0.2) is 0 Å². The van der Waals surface area contributed by atoms with E-state index in [1.807, 2.05) is 17.0 Å². The van der Waals surface area contributed by atoms with Gasteiger partial charge in [-0.05, 0) is 23.6 Å². The normalized spacial score (nSPS) is 10.7. The fraction of sp³-hybridized carbons (Fsp3) is 0.429. The number of carbonyl (C=O) groups is 1. The minimum Gasteiger partial charge on any atom is -0.369 e. The van der Waals surface area contributed by atoms with Crippen molar-refractivity contribution in [2.45, 2.75) is 20.4 Å². The van der Waals surface area contributed by atoms with Crippen LogP contribution < -0.4 is 5.73 Å². The minimum atomic E-state index is -0.356. The fourth-order valence-corrected chi connectivity index (χ4v) is 2.15. The Morgan fingerprint density at radius 2 is 2.21 bits per heavy atom. The molecule has 0 radical (unpaired) electrons. The predicted molar refractivity (Wildman–Crippen MR) is 75.5 cm³/mol. The zero-order chi connectivity index (χ0) is 14.4. The molecule has 1 rings (SSSR count). The third-order valence-electron chi connectivity index (χ3n) is 2.58. The Balaban J connectivity index is 2.83. The lowest BCUT2D eigenvalue weighted by Crippen LogP contribution is -2.35. The average Bonchev–Trinajstić information content (AvgIpc) is 2.30. The highest BCUT2D eigenvalue weighted by atomic mass is 35.5. The van der Waals surface area contributed by atoms with Gasteiger partial charge in [0.15, 0.2) is 0 Å². The number of primary amides is 1. The lowest BCUT2D eigenvalue weighted by molar-refractivity contribution is -0.119. The molecule has 0 aromatic heterocycles. The molecule has 1 amide bonds. The molecule has 1 aromatic rings. The molecule has 19 heavy (non-hydrogen) atoms. The van der Waals surface area contributed by atoms with E-state index in [1.54, 1.807) is 12.1 Å². The summed E-state index contributed by atoms with van der Waals surface area (Å²) in [4.78, 5) is 13.0. The lowest BCUT2D eigenvalue weighted by atomic mass is 10.1.